The van der Waals surface area contributed by atoms with Crippen molar-refractivity contribution in [1.29, 1.82) is 0 Å². The van der Waals surface area contributed by atoms with Crippen molar-refractivity contribution in [2.75, 3.05) is 0 Å². The van der Waals surface area contributed by atoms with Gasteiger partial charge in [-0.25, -0.2) is 4.79 Å². The summed E-state index contributed by atoms with van der Waals surface area (Å²) < 4.78 is 17.4. The van der Waals surface area contributed by atoms with E-state index in [1.807, 2.05) is 34.6 Å². The molecule has 3 aliphatic rings. The van der Waals surface area contributed by atoms with Gasteiger partial charge in [-0.1, -0.05) is 52.8 Å². The van der Waals surface area contributed by atoms with Gasteiger partial charge in [-0.15, -0.1) is 0 Å². The van der Waals surface area contributed by atoms with E-state index in [0.717, 1.165) is 0 Å². The first kappa shape index (κ1) is 30.2. The number of Topliss-reactive ketones (excluding diaryl/α,β-unsaturated/α-hetero) is 1. The maximum Gasteiger partial charge on any atom is 0.338 e. The molecule has 3 aliphatic carbocycles. The van der Waals surface area contributed by atoms with Crippen molar-refractivity contribution < 1.29 is 43.6 Å². The Kier molecular flexibility index (Phi) is 7.73. The molecule has 0 aromatic heterocycles. The molecule has 0 heterocycles. The SMILES string of the molecule is CC[C@]1(C)CC[C@H]2[C@](O)(C1=O)[C@H](OC(C)=O)C[C@H]1C(C)(C)[C@H](OC(C)=O)[C@H](O)[C@H](OC(=O)c3ccccc3)[C@@]12C. The second kappa shape index (κ2) is 10.2. The minimum atomic E-state index is -2.07. The fraction of sp³-hybridized carbons (Fsp3) is 0.677. The van der Waals surface area contributed by atoms with Crippen LogP contribution in [0.5, 0.6) is 0 Å². The van der Waals surface area contributed by atoms with E-state index in [0.29, 0.717) is 19.3 Å². The number of benzene rings is 1. The molecule has 1 aromatic carbocycles. The molecule has 0 radical (unpaired) electrons. The molecule has 0 bridgehead atoms. The Hall–Kier alpha value is -2.78. The van der Waals surface area contributed by atoms with Crippen molar-refractivity contribution in [2.24, 2.45) is 28.1 Å². The van der Waals surface area contributed by atoms with Crippen LogP contribution in [0.2, 0.25) is 0 Å². The van der Waals surface area contributed by atoms with Crippen LogP contribution in [0.1, 0.15) is 84.5 Å². The summed E-state index contributed by atoms with van der Waals surface area (Å²) in [7, 11) is 0. The van der Waals surface area contributed by atoms with E-state index in [1.165, 1.54) is 13.8 Å². The number of carbonyl (C=O) groups excluding carboxylic acids is 4. The van der Waals surface area contributed by atoms with E-state index >= 15 is 0 Å². The molecule has 0 amide bonds. The molecule has 3 saturated carbocycles. The Morgan fingerprint density at radius 1 is 0.925 bits per heavy atom. The number of esters is 3. The summed E-state index contributed by atoms with van der Waals surface area (Å²) in [5.74, 6) is -3.64. The van der Waals surface area contributed by atoms with E-state index in [2.05, 4.69) is 0 Å². The van der Waals surface area contributed by atoms with Gasteiger partial charge in [0.2, 0.25) is 0 Å². The lowest BCUT2D eigenvalue weighted by Gasteiger charge is -2.68. The van der Waals surface area contributed by atoms with E-state index in [4.69, 9.17) is 14.2 Å². The van der Waals surface area contributed by atoms with Crippen LogP contribution >= 0.6 is 0 Å². The summed E-state index contributed by atoms with van der Waals surface area (Å²) in [5, 5.41) is 24.2. The van der Waals surface area contributed by atoms with Crippen LogP contribution in [0.25, 0.3) is 0 Å². The van der Waals surface area contributed by atoms with Gasteiger partial charge in [0.05, 0.1) is 5.56 Å². The first-order valence-corrected chi connectivity index (χ1v) is 14.1. The van der Waals surface area contributed by atoms with Crippen LogP contribution in [-0.4, -0.2) is 63.9 Å². The molecule has 0 unspecified atom stereocenters. The zero-order valence-corrected chi connectivity index (χ0v) is 24.4. The molecule has 0 spiro atoms. The topological polar surface area (TPSA) is 136 Å². The van der Waals surface area contributed by atoms with Crippen LogP contribution < -0.4 is 0 Å². The van der Waals surface area contributed by atoms with Crippen molar-refractivity contribution in [1.82, 2.24) is 0 Å². The largest absolute Gasteiger partial charge is 0.459 e. The zero-order chi connectivity index (χ0) is 29.8. The summed E-state index contributed by atoms with van der Waals surface area (Å²) in [6.45, 7) is 11.7. The molecule has 40 heavy (non-hydrogen) atoms. The Bertz CT molecular complexity index is 1180. The Morgan fingerprint density at radius 3 is 2.08 bits per heavy atom. The predicted molar refractivity (Wildman–Crippen MR) is 144 cm³/mol. The monoisotopic (exact) mass is 558 g/mol. The average Bonchev–Trinajstić information content (AvgIpc) is 2.89. The highest BCUT2D eigenvalue weighted by molar-refractivity contribution is 5.94. The molecule has 2 N–H and O–H groups in total. The van der Waals surface area contributed by atoms with Gasteiger partial charge in [-0.05, 0) is 43.7 Å². The summed E-state index contributed by atoms with van der Waals surface area (Å²) >= 11 is 0. The third-order valence-electron chi connectivity index (χ3n) is 10.4. The summed E-state index contributed by atoms with van der Waals surface area (Å²) in [6, 6.07) is 8.33. The fourth-order valence-corrected chi connectivity index (χ4v) is 8.18. The Labute approximate surface area is 235 Å². The summed E-state index contributed by atoms with van der Waals surface area (Å²) in [6.07, 6.45) is -3.54. The second-order valence-corrected chi connectivity index (χ2v) is 12.9. The number of rotatable bonds is 5. The van der Waals surface area contributed by atoms with Crippen LogP contribution in [0.3, 0.4) is 0 Å². The van der Waals surface area contributed by atoms with E-state index in [9.17, 15) is 29.4 Å². The molecular formula is C31H42O9. The highest BCUT2D eigenvalue weighted by Gasteiger charge is 2.75. The number of ketones is 1. The molecule has 9 nitrogen and oxygen atoms in total. The van der Waals surface area contributed by atoms with Crippen LogP contribution in [0.4, 0.5) is 0 Å². The summed E-state index contributed by atoms with van der Waals surface area (Å²) in [5.41, 5.74) is -4.71. The van der Waals surface area contributed by atoms with Crippen molar-refractivity contribution in [3.63, 3.8) is 0 Å². The molecule has 0 aliphatic heterocycles. The quantitative estimate of drug-likeness (QED) is 0.410. The maximum atomic E-state index is 14.2. The Morgan fingerprint density at radius 2 is 1.52 bits per heavy atom. The summed E-state index contributed by atoms with van der Waals surface area (Å²) in [4.78, 5) is 52.0. The van der Waals surface area contributed by atoms with Crippen LogP contribution in [-0.2, 0) is 28.6 Å². The maximum absolute atomic E-state index is 14.2. The zero-order valence-electron chi connectivity index (χ0n) is 24.4. The van der Waals surface area contributed by atoms with E-state index in [1.54, 1.807) is 30.3 Å². The smallest absolute Gasteiger partial charge is 0.338 e. The van der Waals surface area contributed by atoms with Gasteiger partial charge in [0.1, 0.15) is 24.4 Å². The molecular weight excluding hydrogens is 516 g/mol. The lowest BCUT2D eigenvalue weighted by Crippen LogP contribution is -2.78. The fourth-order valence-electron chi connectivity index (χ4n) is 8.18. The van der Waals surface area contributed by atoms with Gasteiger partial charge < -0.3 is 24.4 Å². The number of aliphatic hydroxyl groups is 2. The number of aliphatic hydroxyl groups excluding tert-OH is 1. The van der Waals surface area contributed by atoms with Crippen molar-refractivity contribution in [3.05, 3.63) is 35.9 Å². The van der Waals surface area contributed by atoms with Gasteiger partial charge in [-0.3, -0.25) is 14.4 Å². The van der Waals surface area contributed by atoms with Gasteiger partial charge >= 0.3 is 17.9 Å². The number of hydrogen-bond donors (Lipinski definition) is 2. The molecule has 9 atom stereocenters. The predicted octanol–water partition coefficient (Wildman–Crippen LogP) is 3.63. The minimum Gasteiger partial charge on any atom is -0.459 e. The highest BCUT2D eigenvalue weighted by Crippen LogP contribution is 2.67. The van der Waals surface area contributed by atoms with Crippen molar-refractivity contribution in [3.8, 4) is 0 Å². The van der Waals surface area contributed by atoms with Gasteiger partial charge in [0.15, 0.2) is 11.4 Å². The second-order valence-electron chi connectivity index (χ2n) is 12.9. The minimum absolute atomic E-state index is 0.0471. The molecule has 3 fully saturated rings. The number of fused-ring (bicyclic) bond motifs is 3. The molecule has 9 heteroatoms. The van der Waals surface area contributed by atoms with Crippen LogP contribution in [0.15, 0.2) is 30.3 Å². The lowest BCUT2D eigenvalue weighted by atomic mass is 9.39. The third kappa shape index (κ3) is 4.45. The van der Waals surface area contributed by atoms with E-state index in [-0.39, 0.29) is 12.0 Å². The number of ether oxygens (including phenoxy) is 3. The van der Waals surface area contributed by atoms with Gasteiger partial charge in [0.25, 0.3) is 0 Å². The number of hydrogen-bond acceptors (Lipinski definition) is 9. The molecule has 1 aromatic rings. The van der Waals surface area contributed by atoms with Gasteiger partial charge in [-0.2, -0.15) is 0 Å². The Balaban J connectivity index is 1.91. The first-order valence-electron chi connectivity index (χ1n) is 14.1. The van der Waals surface area contributed by atoms with Crippen molar-refractivity contribution >= 4 is 23.7 Å². The number of carbonyl (C=O) groups is 4. The highest BCUT2D eigenvalue weighted by atomic mass is 16.6. The first-order chi connectivity index (χ1) is 18.5. The normalized spacial score (nSPS) is 40.3. The lowest BCUT2D eigenvalue weighted by molar-refractivity contribution is -0.301. The average molecular weight is 559 g/mol. The molecule has 0 saturated heterocycles. The molecule has 220 valence electrons. The van der Waals surface area contributed by atoms with Gasteiger partial charge in [0, 0.05) is 36.0 Å². The van der Waals surface area contributed by atoms with E-state index < -0.39 is 81.8 Å². The van der Waals surface area contributed by atoms with Crippen molar-refractivity contribution in [2.45, 2.75) is 104 Å². The molecule has 4 rings (SSSR count). The standard InChI is InChI=1S/C31H42O9/c1-8-29(6)15-14-20-30(7)21(16-22(38-17(2)32)31(20,37)27(29)36)28(4,5)24(39-18(3)33)23(34)25(30)40-26(35)19-12-10-9-11-13-19/h9-13,20-25,34,37H,8,14-16H2,1-7H3/t20-,21+,22-,23+,24-,25+,29-,30-,31-/m1/s1. The van der Waals surface area contributed by atoms with Crippen LogP contribution in [0, 0.1) is 28.1 Å². The third-order valence-corrected chi connectivity index (χ3v) is 10.4.